The minimum absolute atomic E-state index is 0.613. The standard InChI is InChI=1S/C10H20N2/c1-4-9(8-12(2)3)10-6-5-7-11-10/h4,9-11H,1,5-8H2,2-3H3. The van der Waals surface area contributed by atoms with E-state index in [-0.39, 0.29) is 0 Å². The molecule has 2 nitrogen and oxygen atoms in total. The van der Waals surface area contributed by atoms with Crippen molar-refractivity contribution in [3.8, 4) is 0 Å². The lowest BCUT2D eigenvalue weighted by Gasteiger charge is -2.23. The topological polar surface area (TPSA) is 15.3 Å². The Bertz CT molecular complexity index is 137. The highest BCUT2D eigenvalue weighted by atomic mass is 15.1. The van der Waals surface area contributed by atoms with Crippen LogP contribution in [0.2, 0.25) is 0 Å². The fraction of sp³-hybridized carbons (Fsp3) is 0.800. The van der Waals surface area contributed by atoms with E-state index in [0.717, 1.165) is 6.54 Å². The maximum Gasteiger partial charge on any atom is 0.0142 e. The lowest BCUT2D eigenvalue weighted by molar-refractivity contribution is 0.316. The van der Waals surface area contributed by atoms with Crippen molar-refractivity contribution >= 4 is 0 Å². The van der Waals surface area contributed by atoms with Gasteiger partial charge in [-0.3, -0.25) is 0 Å². The molecule has 1 aliphatic rings. The molecule has 1 fully saturated rings. The first-order valence-corrected chi connectivity index (χ1v) is 4.74. The fourth-order valence-corrected chi connectivity index (χ4v) is 1.86. The Balaban J connectivity index is 2.37. The first-order valence-electron chi connectivity index (χ1n) is 4.74. The zero-order chi connectivity index (χ0) is 8.97. The smallest absolute Gasteiger partial charge is 0.0142 e. The Morgan fingerprint density at radius 3 is 2.83 bits per heavy atom. The van der Waals surface area contributed by atoms with Crippen molar-refractivity contribution < 1.29 is 0 Å². The van der Waals surface area contributed by atoms with Gasteiger partial charge in [0.2, 0.25) is 0 Å². The van der Waals surface area contributed by atoms with Gasteiger partial charge in [-0.2, -0.15) is 0 Å². The molecule has 0 aliphatic carbocycles. The van der Waals surface area contributed by atoms with Crippen molar-refractivity contribution in [3.05, 3.63) is 12.7 Å². The van der Waals surface area contributed by atoms with Gasteiger partial charge >= 0.3 is 0 Å². The van der Waals surface area contributed by atoms with Crippen molar-refractivity contribution in [2.45, 2.75) is 18.9 Å². The van der Waals surface area contributed by atoms with Gasteiger partial charge in [-0.15, -0.1) is 6.58 Å². The number of hydrogen-bond acceptors (Lipinski definition) is 2. The van der Waals surface area contributed by atoms with Gasteiger partial charge in [0.15, 0.2) is 0 Å². The third kappa shape index (κ3) is 2.61. The van der Waals surface area contributed by atoms with E-state index in [4.69, 9.17) is 0 Å². The molecule has 1 saturated heterocycles. The highest BCUT2D eigenvalue weighted by Crippen LogP contribution is 2.16. The van der Waals surface area contributed by atoms with Crippen molar-refractivity contribution in [3.63, 3.8) is 0 Å². The van der Waals surface area contributed by atoms with E-state index in [1.807, 2.05) is 0 Å². The van der Waals surface area contributed by atoms with Crippen LogP contribution < -0.4 is 5.32 Å². The molecule has 2 atom stereocenters. The molecule has 1 heterocycles. The number of nitrogens with one attached hydrogen (secondary N) is 1. The summed E-state index contributed by atoms with van der Waals surface area (Å²) >= 11 is 0. The van der Waals surface area contributed by atoms with E-state index in [2.05, 4.69) is 37.0 Å². The molecule has 0 aromatic carbocycles. The summed E-state index contributed by atoms with van der Waals surface area (Å²) < 4.78 is 0. The monoisotopic (exact) mass is 168 g/mol. The molecule has 12 heavy (non-hydrogen) atoms. The quantitative estimate of drug-likeness (QED) is 0.632. The van der Waals surface area contributed by atoms with Gasteiger partial charge in [0.05, 0.1) is 0 Å². The van der Waals surface area contributed by atoms with Crippen LogP contribution in [0.5, 0.6) is 0 Å². The van der Waals surface area contributed by atoms with Gasteiger partial charge in [0.1, 0.15) is 0 Å². The minimum atomic E-state index is 0.613. The van der Waals surface area contributed by atoms with Crippen LogP contribution in [0.25, 0.3) is 0 Å². The Morgan fingerprint density at radius 2 is 2.42 bits per heavy atom. The van der Waals surface area contributed by atoms with Crippen molar-refractivity contribution in [2.75, 3.05) is 27.2 Å². The summed E-state index contributed by atoms with van der Waals surface area (Å²) in [5.41, 5.74) is 0. The summed E-state index contributed by atoms with van der Waals surface area (Å²) in [5.74, 6) is 0.613. The van der Waals surface area contributed by atoms with Crippen LogP contribution in [-0.4, -0.2) is 38.1 Å². The Morgan fingerprint density at radius 1 is 1.67 bits per heavy atom. The van der Waals surface area contributed by atoms with Gasteiger partial charge in [-0.25, -0.2) is 0 Å². The van der Waals surface area contributed by atoms with E-state index in [0.29, 0.717) is 12.0 Å². The van der Waals surface area contributed by atoms with E-state index < -0.39 is 0 Å². The van der Waals surface area contributed by atoms with Gasteiger partial charge < -0.3 is 10.2 Å². The molecule has 2 heteroatoms. The molecule has 0 aromatic rings. The van der Waals surface area contributed by atoms with E-state index >= 15 is 0 Å². The highest BCUT2D eigenvalue weighted by Gasteiger charge is 2.22. The largest absolute Gasteiger partial charge is 0.313 e. The van der Waals surface area contributed by atoms with Crippen LogP contribution in [0.3, 0.4) is 0 Å². The first kappa shape index (κ1) is 9.75. The zero-order valence-corrected chi connectivity index (χ0v) is 8.21. The second-order valence-corrected chi connectivity index (χ2v) is 3.86. The molecule has 2 unspecified atom stereocenters. The van der Waals surface area contributed by atoms with Crippen molar-refractivity contribution in [1.82, 2.24) is 10.2 Å². The summed E-state index contributed by atoms with van der Waals surface area (Å²) in [6.07, 6.45) is 4.72. The minimum Gasteiger partial charge on any atom is -0.313 e. The summed E-state index contributed by atoms with van der Waals surface area (Å²) in [5, 5.41) is 3.52. The van der Waals surface area contributed by atoms with Gasteiger partial charge in [0.25, 0.3) is 0 Å². The molecular weight excluding hydrogens is 148 g/mol. The van der Waals surface area contributed by atoms with Crippen LogP contribution in [0.15, 0.2) is 12.7 Å². The molecule has 1 N–H and O–H groups in total. The summed E-state index contributed by atoms with van der Waals surface area (Å²) in [6.45, 7) is 6.19. The molecule has 1 aliphatic heterocycles. The molecule has 0 aromatic heterocycles. The molecule has 0 amide bonds. The lowest BCUT2D eigenvalue weighted by Crippen LogP contribution is -2.35. The fourth-order valence-electron chi connectivity index (χ4n) is 1.86. The maximum atomic E-state index is 3.89. The van der Waals surface area contributed by atoms with E-state index in [9.17, 15) is 0 Å². The van der Waals surface area contributed by atoms with E-state index in [1.54, 1.807) is 0 Å². The lowest BCUT2D eigenvalue weighted by atomic mass is 9.98. The average molecular weight is 168 g/mol. The molecule has 0 spiro atoms. The van der Waals surface area contributed by atoms with Crippen LogP contribution in [0, 0.1) is 5.92 Å². The van der Waals surface area contributed by atoms with Crippen LogP contribution >= 0.6 is 0 Å². The van der Waals surface area contributed by atoms with Crippen LogP contribution in [-0.2, 0) is 0 Å². The van der Waals surface area contributed by atoms with Gasteiger partial charge in [-0.1, -0.05) is 6.08 Å². The van der Waals surface area contributed by atoms with Crippen molar-refractivity contribution in [2.24, 2.45) is 5.92 Å². The zero-order valence-electron chi connectivity index (χ0n) is 8.21. The molecule has 70 valence electrons. The van der Waals surface area contributed by atoms with Crippen molar-refractivity contribution in [1.29, 1.82) is 0 Å². The molecule has 0 saturated carbocycles. The summed E-state index contributed by atoms with van der Waals surface area (Å²) in [4.78, 5) is 2.23. The second-order valence-electron chi connectivity index (χ2n) is 3.86. The van der Waals surface area contributed by atoms with E-state index in [1.165, 1.54) is 19.4 Å². The first-order chi connectivity index (χ1) is 5.74. The Hall–Kier alpha value is -0.340. The van der Waals surface area contributed by atoms with Crippen LogP contribution in [0.1, 0.15) is 12.8 Å². The van der Waals surface area contributed by atoms with Crippen LogP contribution in [0.4, 0.5) is 0 Å². The molecule has 0 bridgehead atoms. The third-order valence-corrected chi connectivity index (χ3v) is 2.49. The third-order valence-electron chi connectivity index (χ3n) is 2.49. The number of nitrogens with zero attached hydrogens (tertiary/aromatic N) is 1. The SMILES string of the molecule is C=CC(CN(C)C)C1CCCN1. The maximum absolute atomic E-state index is 3.89. The molecule has 0 radical (unpaired) electrons. The summed E-state index contributed by atoms with van der Waals surface area (Å²) in [7, 11) is 4.23. The number of rotatable bonds is 4. The second kappa shape index (κ2) is 4.63. The Kier molecular flexibility index (Phi) is 3.76. The highest BCUT2D eigenvalue weighted by molar-refractivity contribution is 4.92. The predicted octanol–water partition coefficient (Wildman–Crippen LogP) is 1.10. The van der Waals surface area contributed by atoms with Gasteiger partial charge in [0, 0.05) is 18.5 Å². The summed E-state index contributed by atoms with van der Waals surface area (Å²) in [6, 6.07) is 0.671. The number of hydrogen-bond donors (Lipinski definition) is 1. The molecule has 1 rings (SSSR count). The predicted molar refractivity (Wildman–Crippen MR) is 53.3 cm³/mol. The normalized spacial score (nSPS) is 26.1. The Labute approximate surface area is 75.6 Å². The van der Waals surface area contributed by atoms with Gasteiger partial charge in [-0.05, 0) is 33.5 Å². The average Bonchev–Trinajstić information content (AvgIpc) is 2.51. The molecular formula is C10H20N2.